The number of nitrogens with zero attached hydrogens (tertiary/aromatic N) is 4. The van der Waals surface area contributed by atoms with E-state index >= 15 is 0 Å². The van der Waals surface area contributed by atoms with Crippen molar-refractivity contribution in [2.75, 3.05) is 0 Å². The van der Waals surface area contributed by atoms with Gasteiger partial charge in [-0.25, -0.2) is 13.9 Å². The van der Waals surface area contributed by atoms with E-state index in [-0.39, 0.29) is 23.5 Å². The van der Waals surface area contributed by atoms with Gasteiger partial charge in [0, 0.05) is 6.04 Å². The number of carboxylic acids is 1. The number of carboxylic acid groups (broad SMARTS) is 1. The molecule has 2 heterocycles. The van der Waals surface area contributed by atoms with Crippen molar-refractivity contribution in [3.8, 4) is 5.69 Å². The van der Waals surface area contributed by atoms with Crippen molar-refractivity contribution in [3.05, 3.63) is 42.0 Å². The molecule has 136 valence electrons. The lowest BCUT2D eigenvalue weighted by atomic mass is 9.84. The summed E-state index contributed by atoms with van der Waals surface area (Å²) in [5.41, 5.74) is 0.677. The maximum absolute atomic E-state index is 13.1. The smallest absolute Gasteiger partial charge is 0.326 e. The maximum Gasteiger partial charge on any atom is 0.326 e. The number of aromatic nitrogens is 3. The van der Waals surface area contributed by atoms with Crippen LogP contribution in [0.3, 0.4) is 0 Å². The van der Waals surface area contributed by atoms with Crippen LogP contribution in [0, 0.1) is 11.7 Å². The number of likely N-dealkylation sites (tertiary alicyclic amines) is 1. The molecule has 1 saturated carbocycles. The van der Waals surface area contributed by atoms with Crippen molar-refractivity contribution in [2.24, 2.45) is 5.92 Å². The Kier molecular flexibility index (Phi) is 4.18. The SMILES string of the molecule is O=C(O)C1CC2CCCCC2N1C(=O)c1cn(-c2ccc(F)cc2)nn1. The van der Waals surface area contributed by atoms with E-state index in [1.165, 1.54) is 40.0 Å². The van der Waals surface area contributed by atoms with Gasteiger partial charge in [-0.15, -0.1) is 5.10 Å². The van der Waals surface area contributed by atoms with Gasteiger partial charge >= 0.3 is 5.97 Å². The number of hydrogen-bond donors (Lipinski definition) is 1. The molecule has 1 N–H and O–H groups in total. The fourth-order valence-corrected chi connectivity index (χ4v) is 4.19. The Labute approximate surface area is 149 Å². The third-order valence-electron chi connectivity index (χ3n) is 5.41. The molecule has 7 nitrogen and oxygen atoms in total. The monoisotopic (exact) mass is 358 g/mol. The van der Waals surface area contributed by atoms with Gasteiger partial charge in [0.15, 0.2) is 5.69 Å². The Balaban J connectivity index is 1.61. The summed E-state index contributed by atoms with van der Waals surface area (Å²) in [5, 5.41) is 17.4. The average molecular weight is 358 g/mol. The van der Waals surface area contributed by atoms with Crippen LogP contribution < -0.4 is 0 Å². The van der Waals surface area contributed by atoms with Gasteiger partial charge in [-0.1, -0.05) is 18.1 Å². The van der Waals surface area contributed by atoms with Gasteiger partial charge in [0.05, 0.1) is 11.9 Å². The molecule has 0 bridgehead atoms. The van der Waals surface area contributed by atoms with Crippen molar-refractivity contribution in [1.82, 2.24) is 19.9 Å². The van der Waals surface area contributed by atoms with Gasteiger partial charge in [-0.05, 0) is 49.4 Å². The van der Waals surface area contributed by atoms with E-state index in [0.717, 1.165) is 25.7 Å². The van der Waals surface area contributed by atoms with Crippen molar-refractivity contribution in [1.29, 1.82) is 0 Å². The number of benzene rings is 1. The molecule has 2 aliphatic rings. The third kappa shape index (κ3) is 2.85. The number of hydrogen-bond acceptors (Lipinski definition) is 4. The fraction of sp³-hybridized carbons (Fsp3) is 0.444. The third-order valence-corrected chi connectivity index (χ3v) is 5.41. The quantitative estimate of drug-likeness (QED) is 0.909. The zero-order valence-electron chi connectivity index (χ0n) is 14.1. The molecule has 0 radical (unpaired) electrons. The zero-order chi connectivity index (χ0) is 18.3. The van der Waals surface area contributed by atoms with Crippen LogP contribution in [0.15, 0.2) is 30.5 Å². The molecule has 1 aromatic heterocycles. The van der Waals surface area contributed by atoms with E-state index in [0.29, 0.717) is 12.1 Å². The van der Waals surface area contributed by atoms with E-state index < -0.39 is 17.9 Å². The molecule has 2 aromatic rings. The van der Waals surface area contributed by atoms with Crippen molar-refractivity contribution in [3.63, 3.8) is 0 Å². The Hall–Kier alpha value is -2.77. The molecule has 1 aromatic carbocycles. The van der Waals surface area contributed by atoms with Gasteiger partial charge in [0.2, 0.25) is 0 Å². The van der Waals surface area contributed by atoms with Crippen LogP contribution in [0.5, 0.6) is 0 Å². The van der Waals surface area contributed by atoms with Crippen molar-refractivity contribution < 1.29 is 19.1 Å². The first-order valence-electron chi connectivity index (χ1n) is 8.78. The lowest BCUT2D eigenvalue weighted by molar-refractivity contribution is -0.141. The molecule has 3 unspecified atom stereocenters. The van der Waals surface area contributed by atoms with Gasteiger partial charge < -0.3 is 10.0 Å². The van der Waals surface area contributed by atoms with E-state index in [9.17, 15) is 19.1 Å². The van der Waals surface area contributed by atoms with Crippen molar-refractivity contribution in [2.45, 2.75) is 44.2 Å². The molecule has 3 atom stereocenters. The van der Waals surface area contributed by atoms with Crippen LogP contribution in [0.4, 0.5) is 4.39 Å². The van der Waals surface area contributed by atoms with Crippen LogP contribution in [-0.2, 0) is 4.79 Å². The first kappa shape index (κ1) is 16.7. The summed E-state index contributed by atoms with van der Waals surface area (Å²) in [5.74, 6) is -1.50. The number of fused-ring (bicyclic) bond motifs is 1. The zero-order valence-corrected chi connectivity index (χ0v) is 14.1. The normalized spacial score (nSPS) is 25.1. The molecule has 1 saturated heterocycles. The topological polar surface area (TPSA) is 88.3 Å². The second-order valence-electron chi connectivity index (χ2n) is 6.94. The predicted octanol–water partition coefficient (Wildman–Crippen LogP) is 2.26. The van der Waals surface area contributed by atoms with Crippen LogP contribution in [0.2, 0.25) is 0 Å². The number of carbonyl (C=O) groups excluding carboxylic acids is 1. The Morgan fingerprint density at radius 3 is 2.62 bits per heavy atom. The highest BCUT2D eigenvalue weighted by Gasteiger charge is 2.48. The van der Waals surface area contributed by atoms with Gasteiger partial charge in [0.1, 0.15) is 11.9 Å². The summed E-state index contributed by atoms with van der Waals surface area (Å²) in [6.07, 6.45) is 5.82. The van der Waals surface area contributed by atoms with Gasteiger partial charge in [-0.2, -0.15) is 0 Å². The maximum atomic E-state index is 13.1. The minimum absolute atomic E-state index is 0.0479. The largest absolute Gasteiger partial charge is 0.480 e. The molecule has 1 aliphatic carbocycles. The minimum atomic E-state index is -0.973. The van der Waals surface area contributed by atoms with E-state index in [2.05, 4.69) is 10.3 Å². The van der Waals surface area contributed by atoms with Crippen LogP contribution in [0.1, 0.15) is 42.6 Å². The van der Waals surface area contributed by atoms with Crippen LogP contribution in [-0.4, -0.2) is 49.0 Å². The fourth-order valence-electron chi connectivity index (χ4n) is 4.19. The molecule has 0 spiro atoms. The highest BCUT2D eigenvalue weighted by molar-refractivity contribution is 5.95. The average Bonchev–Trinajstić information content (AvgIpc) is 3.27. The van der Waals surface area contributed by atoms with Crippen molar-refractivity contribution >= 4 is 11.9 Å². The van der Waals surface area contributed by atoms with Crippen LogP contribution in [0.25, 0.3) is 5.69 Å². The van der Waals surface area contributed by atoms with Gasteiger partial charge in [0.25, 0.3) is 5.91 Å². The molecule has 26 heavy (non-hydrogen) atoms. The summed E-state index contributed by atoms with van der Waals surface area (Å²) >= 11 is 0. The number of rotatable bonds is 3. The standard InChI is InChI=1S/C18H19FN4O3/c19-12-5-7-13(8-6-12)22-10-14(20-21-22)17(24)23-15-4-2-1-3-11(15)9-16(23)18(25)26/h5-8,10-11,15-16H,1-4,9H2,(H,25,26). The second kappa shape index (κ2) is 6.51. The highest BCUT2D eigenvalue weighted by Crippen LogP contribution is 2.40. The van der Waals surface area contributed by atoms with E-state index in [4.69, 9.17) is 0 Å². The minimum Gasteiger partial charge on any atom is -0.480 e. The molecular formula is C18H19FN4O3. The molecule has 8 heteroatoms. The first-order valence-corrected chi connectivity index (χ1v) is 8.78. The molecule has 4 rings (SSSR count). The first-order chi connectivity index (χ1) is 12.5. The van der Waals surface area contributed by atoms with E-state index in [1.807, 2.05) is 0 Å². The second-order valence-corrected chi connectivity index (χ2v) is 6.94. The Morgan fingerprint density at radius 2 is 1.88 bits per heavy atom. The summed E-state index contributed by atoms with van der Waals surface area (Å²) < 4.78 is 14.4. The molecule has 2 fully saturated rings. The summed E-state index contributed by atoms with van der Waals surface area (Å²) in [7, 11) is 0. The highest BCUT2D eigenvalue weighted by atomic mass is 19.1. The summed E-state index contributed by atoms with van der Waals surface area (Å²) in [4.78, 5) is 26.2. The summed E-state index contributed by atoms with van der Waals surface area (Å²) in [6, 6.07) is 4.80. The molecule has 1 aliphatic heterocycles. The number of halogens is 1. The van der Waals surface area contributed by atoms with Crippen LogP contribution >= 0.6 is 0 Å². The molecular weight excluding hydrogens is 339 g/mol. The number of carbonyl (C=O) groups is 2. The number of aliphatic carboxylic acids is 1. The van der Waals surface area contributed by atoms with Gasteiger partial charge in [-0.3, -0.25) is 4.79 Å². The van der Waals surface area contributed by atoms with E-state index in [1.54, 1.807) is 0 Å². The Morgan fingerprint density at radius 1 is 1.15 bits per heavy atom. The number of amides is 1. The summed E-state index contributed by atoms with van der Waals surface area (Å²) in [6.45, 7) is 0. The predicted molar refractivity (Wildman–Crippen MR) is 89.3 cm³/mol. The molecule has 1 amide bonds. The lowest BCUT2D eigenvalue weighted by Gasteiger charge is -2.32. The lowest BCUT2D eigenvalue weighted by Crippen LogP contribution is -2.46. The Bertz CT molecular complexity index is 835.